The Labute approximate surface area is 118 Å². The molecule has 0 unspecified atom stereocenters. The molecule has 0 fully saturated rings. The molecule has 0 saturated heterocycles. The fourth-order valence-electron chi connectivity index (χ4n) is 2.17. The van der Waals surface area contributed by atoms with E-state index in [1.54, 1.807) is 19.2 Å². The summed E-state index contributed by atoms with van der Waals surface area (Å²) in [7, 11) is 3.31. The summed E-state index contributed by atoms with van der Waals surface area (Å²) < 4.78 is 19.3. The van der Waals surface area contributed by atoms with E-state index in [1.807, 2.05) is 13.8 Å². The molecule has 1 aromatic heterocycles. The smallest absolute Gasteiger partial charge is 0.136 e. The van der Waals surface area contributed by atoms with E-state index in [4.69, 9.17) is 4.74 Å². The fraction of sp³-hybridized carbons (Fsp3) is 0.333. The molecule has 1 aromatic carbocycles. The van der Waals surface area contributed by atoms with Crippen LogP contribution in [0.2, 0.25) is 0 Å². The van der Waals surface area contributed by atoms with Crippen LogP contribution in [0.3, 0.4) is 0 Å². The predicted octanol–water partition coefficient (Wildman–Crippen LogP) is 3.46. The Bertz CT molecular complexity index is 614. The molecule has 0 aliphatic rings. The van der Waals surface area contributed by atoms with Gasteiger partial charge in [-0.15, -0.1) is 0 Å². The van der Waals surface area contributed by atoms with Crippen molar-refractivity contribution in [3.63, 3.8) is 0 Å². The van der Waals surface area contributed by atoms with Crippen molar-refractivity contribution < 1.29 is 9.13 Å². The first-order valence-corrected chi connectivity index (χ1v) is 6.45. The second-order valence-corrected chi connectivity index (χ2v) is 4.74. The summed E-state index contributed by atoms with van der Waals surface area (Å²) in [5.74, 6) is 1.03. The van der Waals surface area contributed by atoms with E-state index in [2.05, 4.69) is 15.3 Å². The lowest BCUT2D eigenvalue weighted by atomic mass is 9.97. The van der Waals surface area contributed by atoms with Crippen LogP contribution in [0.5, 0.6) is 5.75 Å². The third kappa shape index (κ3) is 2.57. The van der Waals surface area contributed by atoms with E-state index in [-0.39, 0.29) is 11.7 Å². The molecule has 2 rings (SSSR count). The number of nitrogens with one attached hydrogen (secondary N) is 1. The highest BCUT2D eigenvalue weighted by atomic mass is 19.1. The lowest BCUT2D eigenvalue weighted by molar-refractivity contribution is 0.411. The number of rotatable bonds is 4. The zero-order chi connectivity index (χ0) is 14.7. The van der Waals surface area contributed by atoms with Crippen molar-refractivity contribution in [1.82, 2.24) is 9.97 Å². The van der Waals surface area contributed by atoms with Gasteiger partial charge in [0.1, 0.15) is 23.7 Å². The summed E-state index contributed by atoms with van der Waals surface area (Å²) in [6.07, 6.45) is 1.44. The van der Waals surface area contributed by atoms with Crippen molar-refractivity contribution in [2.45, 2.75) is 19.8 Å². The Kier molecular flexibility index (Phi) is 4.17. The van der Waals surface area contributed by atoms with E-state index in [9.17, 15) is 4.39 Å². The number of nitrogens with zero attached hydrogens (tertiary/aromatic N) is 2. The maximum absolute atomic E-state index is 14.2. The van der Waals surface area contributed by atoms with Gasteiger partial charge in [0.05, 0.1) is 12.8 Å². The highest BCUT2D eigenvalue weighted by Crippen LogP contribution is 2.34. The maximum atomic E-state index is 14.2. The van der Waals surface area contributed by atoms with Crippen LogP contribution in [0.15, 0.2) is 24.5 Å². The van der Waals surface area contributed by atoms with Gasteiger partial charge in [-0.3, -0.25) is 0 Å². The van der Waals surface area contributed by atoms with E-state index in [0.29, 0.717) is 17.0 Å². The molecule has 0 spiro atoms. The van der Waals surface area contributed by atoms with Gasteiger partial charge >= 0.3 is 0 Å². The number of halogens is 1. The van der Waals surface area contributed by atoms with Crippen LogP contribution in [-0.4, -0.2) is 24.1 Å². The van der Waals surface area contributed by atoms with Crippen LogP contribution in [0.4, 0.5) is 10.2 Å². The first-order valence-electron chi connectivity index (χ1n) is 6.45. The largest absolute Gasteiger partial charge is 0.497 e. The molecule has 2 aromatic rings. The van der Waals surface area contributed by atoms with Gasteiger partial charge in [0.2, 0.25) is 0 Å². The van der Waals surface area contributed by atoms with E-state index in [1.165, 1.54) is 19.5 Å². The Balaban J connectivity index is 2.63. The summed E-state index contributed by atoms with van der Waals surface area (Å²) >= 11 is 0. The average Bonchev–Trinajstić information content (AvgIpc) is 2.46. The van der Waals surface area contributed by atoms with Crippen molar-refractivity contribution in [3.05, 3.63) is 35.9 Å². The van der Waals surface area contributed by atoms with Crippen molar-refractivity contribution in [2.75, 3.05) is 19.5 Å². The molecule has 1 N–H and O–H groups in total. The van der Waals surface area contributed by atoms with Crippen molar-refractivity contribution in [3.8, 4) is 17.0 Å². The SMILES string of the molecule is CNc1ncnc(-c2ccc(OC)cc2F)c1C(C)C. The quantitative estimate of drug-likeness (QED) is 0.928. The van der Waals surface area contributed by atoms with Crippen molar-refractivity contribution in [1.29, 1.82) is 0 Å². The summed E-state index contributed by atoms with van der Waals surface area (Å²) in [5.41, 5.74) is 1.96. The van der Waals surface area contributed by atoms with E-state index < -0.39 is 0 Å². The predicted molar refractivity (Wildman–Crippen MR) is 77.6 cm³/mol. The Morgan fingerprint density at radius 1 is 1.25 bits per heavy atom. The highest BCUT2D eigenvalue weighted by Gasteiger charge is 2.18. The third-order valence-corrected chi connectivity index (χ3v) is 3.13. The molecule has 0 radical (unpaired) electrons. The van der Waals surface area contributed by atoms with Gasteiger partial charge in [0, 0.05) is 24.2 Å². The molecule has 1 heterocycles. The normalized spacial score (nSPS) is 10.7. The number of aromatic nitrogens is 2. The lowest BCUT2D eigenvalue weighted by Gasteiger charge is -2.16. The first kappa shape index (κ1) is 14.2. The van der Waals surface area contributed by atoms with E-state index in [0.717, 1.165) is 11.4 Å². The van der Waals surface area contributed by atoms with E-state index >= 15 is 0 Å². The van der Waals surface area contributed by atoms with Crippen LogP contribution in [-0.2, 0) is 0 Å². The van der Waals surface area contributed by atoms with Crippen LogP contribution >= 0.6 is 0 Å². The van der Waals surface area contributed by atoms with Gasteiger partial charge in [0.15, 0.2) is 0 Å². The van der Waals surface area contributed by atoms with Crippen molar-refractivity contribution >= 4 is 5.82 Å². The minimum atomic E-state index is -0.355. The summed E-state index contributed by atoms with van der Waals surface area (Å²) in [6, 6.07) is 4.77. The minimum Gasteiger partial charge on any atom is -0.497 e. The molecule has 0 aliphatic heterocycles. The number of methoxy groups -OCH3 is 1. The summed E-state index contributed by atoms with van der Waals surface area (Å²) in [5, 5.41) is 3.03. The van der Waals surface area contributed by atoms with Gasteiger partial charge in [-0.05, 0) is 18.1 Å². The maximum Gasteiger partial charge on any atom is 0.136 e. The molecule has 20 heavy (non-hydrogen) atoms. The molecule has 5 heteroatoms. The molecule has 0 aliphatic carbocycles. The molecule has 0 amide bonds. The Morgan fingerprint density at radius 3 is 2.55 bits per heavy atom. The lowest BCUT2D eigenvalue weighted by Crippen LogP contribution is -2.05. The Morgan fingerprint density at radius 2 is 2.00 bits per heavy atom. The molecular weight excluding hydrogens is 257 g/mol. The molecular formula is C15H18FN3O. The van der Waals surface area contributed by atoms with Gasteiger partial charge < -0.3 is 10.1 Å². The first-order chi connectivity index (χ1) is 9.58. The van der Waals surface area contributed by atoms with Crippen molar-refractivity contribution in [2.24, 2.45) is 0 Å². The highest BCUT2D eigenvalue weighted by molar-refractivity contribution is 5.70. The average molecular weight is 275 g/mol. The molecule has 106 valence electrons. The molecule has 0 atom stereocenters. The molecule has 0 bridgehead atoms. The fourth-order valence-corrected chi connectivity index (χ4v) is 2.17. The monoisotopic (exact) mass is 275 g/mol. The zero-order valence-corrected chi connectivity index (χ0v) is 12.1. The second-order valence-electron chi connectivity index (χ2n) is 4.74. The Hall–Kier alpha value is -2.17. The summed E-state index contributed by atoms with van der Waals surface area (Å²) in [6.45, 7) is 4.06. The topological polar surface area (TPSA) is 47.0 Å². The van der Waals surface area contributed by atoms with Gasteiger partial charge in [-0.1, -0.05) is 13.8 Å². The number of hydrogen-bond acceptors (Lipinski definition) is 4. The van der Waals surface area contributed by atoms with Crippen LogP contribution in [0.25, 0.3) is 11.3 Å². The summed E-state index contributed by atoms with van der Waals surface area (Å²) in [4.78, 5) is 8.46. The number of hydrogen-bond donors (Lipinski definition) is 1. The van der Waals surface area contributed by atoms with Gasteiger partial charge in [0.25, 0.3) is 0 Å². The zero-order valence-electron chi connectivity index (χ0n) is 12.1. The minimum absolute atomic E-state index is 0.176. The van der Waals surface area contributed by atoms with Crippen LogP contribution < -0.4 is 10.1 Å². The molecule has 4 nitrogen and oxygen atoms in total. The van der Waals surface area contributed by atoms with Crippen LogP contribution in [0, 0.1) is 5.82 Å². The second kappa shape index (κ2) is 5.86. The van der Waals surface area contributed by atoms with Gasteiger partial charge in [-0.25, -0.2) is 14.4 Å². The third-order valence-electron chi connectivity index (χ3n) is 3.13. The number of ether oxygens (including phenoxy) is 1. The standard InChI is InChI=1S/C15H18FN3O/c1-9(2)13-14(18-8-19-15(13)17-3)11-6-5-10(20-4)7-12(11)16/h5-9H,1-4H3,(H,17,18,19). The number of anilines is 1. The van der Waals surface area contributed by atoms with Crippen LogP contribution in [0.1, 0.15) is 25.3 Å². The molecule has 0 saturated carbocycles. The number of benzene rings is 1. The van der Waals surface area contributed by atoms with Gasteiger partial charge in [-0.2, -0.15) is 0 Å².